The molecule has 1 atom stereocenters. The molecule has 30 heavy (non-hydrogen) atoms. The third-order valence-corrected chi connectivity index (χ3v) is 6.78. The molecule has 1 saturated heterocycles. The van der Waals surface area contributed by atoms with Crippen LogP contribution in [0.3, 0.4) is 0 Å². The van der Waals surface area contributed by atoms with Crippen molar-refractivity contribution in [3.8, 4) is 5.75 Å². The van der Waals surface area contributed by atoms with E-state index in [0.29, 0.717) is 5.92 Å². The van der Waals surface area contributed by atoms with Gasteiger partial charge in [0, 0.05) is 55.5 Å². The molecule has 0 radical (unpaired) electrons. The van der Waals surface area contributed by atoms with Crippen molar-refractivity contribution in [1.82, 2.24) is 14.8 Å². The average molecular weight is 402 g/mol. The number of nitrogens with zero attached hydrogens (tertiary/aromatic N) is 2. The van der Waals surface area contributed by atoms with Gasteiger partial charge in [-0.2, -0.15) is 0 Å². The van der Waals surface area contributed by atoms with Gasteiger partial charge >= 0.3 is 0 Å². The Bertz CT molecular complexity index is 1020. The number of aromatic nitrogens is 1. The van der Waals surface area contributed by atoms with Crippen LogP contribution in [-0.4, -0.2) is 48.1 Å². The van der Waals surface area contributed by atoms with Crippen LogP contribution in [0.25, 0.3) is 10.9 Å². The Kier molecular flexibility index (Phi) is 5.50. The minimum absolute atomic E-state index is 0.592. The van der Waals surface area contributed by atoms with Crippen LogP contribution in [0.1, 0.15) is 36.3 Å². The number of piperazine rings is 1. The minimum Gasteiger partial charge on any atom is -0.497 e. The van der Waals surface area contributed by atoms with Crippen LogP contribution in [0, 0.1) is 0 Å². The molecule has 1 N–H and O–H groups in total. The van der Waals surface area contributed by atoms with E-state index in [-0.39, 0.29) is 0 Å². The Labute approximate surface area is 179 Å². The molecule has 2 aliphatic rings. The summed E-state index contributed by atoms with van der Waals surface area (Å²) < 4.78 is 5.44. The Morgan fingerprint density at radius 2 is 1.87 bits per heavy atom. The number of ether oxygens (including phenoxy) is 1. The normalized spacial score (nSPS) is 20.4. The number of H-pyrrole nitrogens is 1. The molecule has 5 rings (SSSR count). The topological polar surface area (TPSA) is 31.5 Å². The molecule has 1 aliphatic carbocycles. The number of nitrogens with one attached hydrogen (secondary N) is 1. The molecule has 1 fully saturated rings. The van der Waals surface area contributed by atoms with E-state index in [1.54, 1.807) is 12.8 Å². The Balaban J connectivity index is 1.20. The number of rotatable bonds is 5. The third kappa shape index (κ3) is 3.97. The summed E-state index contributed by atoms with van der Waals surface area (Å²) in [6.45, 7) is 5.66. The number of hydrogen-bond acceptors (Lipinski definition) is 3. The number of benzene rings is 2. The van der Waals surface area contributed by atoms with Crippen molar-refractivity contribution in [3.63, 3.8) is 0 Å². The highest BCUT2D eigenvalue weighted by Crippen LogP contribution is 2.37. The highest BCUT2D eigenvalue weighted by atomic mass is 16.5. The first kappa shape index (κ1) is 19.3. The second-order valence-electron chi connectivity index (χ2n) is 8.57. The van der Waals surface area contributed by atoms with Crippen LogP contribution < -0.4 is 4.74 Å². The first-order valence-corrected chi connectivity index (χ1v) is 11.2. The lowest BCUT2D eigenvalue weighted by Gasteiger charge is -2.39. The monoisotopic (exact) mass is 401 g/mol. The van der Waals surface area contributed by atoms with E-state index in [9.17, 15) is 0 Å². The maximum Gasteiger partial charge on any atom is 0.119 e. The zero-order valence-electron chi connectivity index (χ0n) is 17.8. The molecule has 0 bridgehead atoms. The molecule has 1 aliphatic heterocycles. The van der Waals surface area contributed by atoms with E-state index >= 15 is 0 Å². The quantitative estimate of drug-likeness (QED) is 0.642. The molecule has 2 heterocycles. The predicted octanol–water partition coefficient (Wildman–Crippen LogP) is 5.15. The fourth-order valence-electron chi connectivity index (χ4n) is 5.01. The van der Waals surface area contributed by atoms with Gasteiger partial charge in [0.15, 0.2) is 0 Å². The van der Waals surface area contributed by atoms with Crippen molar-refractivity contribution in [2.75, 3.05) is 33.3 Å². The molecule has 0 spiro atoms. The van der Waals surface area contributed by atoms with Crippen molar-refractivity contribution >= 4 is 10.9 Å². The standard InChI is InChI=1S/C26H31N3O/c1-30-23-11-12-26-24(17-23)25(18-27-26)21-7-9-22(10-8-21)29-15-13-28(14-16-29)19-20-5-3-2-4-6-20/h2-6,9,11-12,17-18,21,27H,7-8,10,13-16,19H2,1H3. The number of allylic oxidation sites excluding steroid dienone is 2. The van der Waals surface area contributed by atoms with Crippen LogP contribution in [0.2, 0.25) is 0 Å². The SMILES string of the molecule is COc1ccc2[nH]cc(C3CC=C(N4CCN(Cc5ccccc5)CC4)CC3)c2c1. The van der Waals surface area contributed by atoms with Gasteiger partial charge in [0.1, 0.15) is 5.75 Å². The fourth-order valence-corrected chi connectivity index (χ4v) is 5.01. The van der Waals surface area contributed by atoms with Crippen LogP contribution in [-0.2, 0) is 6.54 Å². The zero-order valence-corrected chi connectivity index (χ0v) is 17.8. The minimum atomic E-state index is 0.592. The summed E-state index contributed by atoms with van der Waals surface area (Å²) in [7, 11) is 1.74. The second kappa shape index (κ2) is 8.57. The van der Waals surface area contributed by atoms with Gasteiger partial charge in [-0.25, -0.2) is 0 Å². The fraction of sp³-hybridized carbons (Fsp3) is 0.385. The highest BCUT2D eigenvalue weighted by molar-refractivity contribution is 5.85. The maximum absolute atomic E-state index is 5.44. The summed E-state index contributed by atoms with van der Waals surface area (Å²) >= 11 is 0. The number of aromatic amines is 1. The lowest BCUT2D eigenvalue weighted by Crippen LogP contribution is -2.45. The van der Waals surface area contributed by atoms with Crippen molar-refractivity contribution in [1.29, 1.82) is 0 Å². The van der Waals surface area contributed by atoms with Gasteiger partial charge in [0.25, 0.3) is 0 Å². The van der Waals surface area contributed by atoms with Crippen LogP contribution >= 0.6 is 0 Å². The van der Waals surface area contributed by atoms with Crippen LogP contribution in [0.15, 0.2) is 66.5 Å². The first-order chi connectivity index (χ1) is 14.8. The summed E-state index contributed by atoms with van der Waals surface area (Å²) in [4.78, 5) is 8.65. The molecular weight excluding hydrogens is 370 g/mol. The van der Waals surface area contributed by atoms with Crippen LogP contribution in [0.5, 0.6) is 5.75 Å². The Hall–Kier alpha value is -2.72. The largest absolute Gasteiger partial charge is 0.497 e. The maximum atomic E-state index is 5.44. The summed E-state index contributed by atoms with van der Waals surface area (Å²) in [5, 5.41) is 1.31. The van der Waals surface area contributed by atoms with Gasteiger partial charge < -0.3 is 14.6 Å². The van der Waals surface area contributed by atoms with Gasteiger partial charge in [-0.05, 0) is 54.5 Å². The molecular formula is C26H31N3O. The van der Waals surface area contributed by atoms with E-state index in [4.69, 9.17) is 4.74 Å². The molecule has 4 nitrogen and oxygen atoms in total. The van der Waals surface area contributed by atoms with Crippen molar-refractivity contribution in [2.24, 2.45) is 0 Å². The number of methoxy groups -OCH3 is 1. The van der Waals surface area contributed by atoms with Gasteiger partial charge in [-0.15, -0.1) is 0 Å². The van der Waals surface area contributed by atoms with Crippen molar-refractivity contribution in [3.05, 3.63) is 77.6 Å². The third-order valence-electron chi connectivity index (χ3n) is 6.78. The Morgan fingerprint density at radius 3 is 2.60 bits per heavy atom. The van der Waals surface area contributed by atoms with E-state index in [1.807, 2.05) is 6.07 Å². The second-order valence-corrected chi connectivity index (χ2v) is 8.57. The molecule has 0 amide bonds. The molecule has 3 aromatic rings. The van der Waals surface area contributed by atoms with E-state index in [1.165, 1.54) is 34.9 Å². The summed E-state index contributed by atoms with van der Waals surface area (Å²) in [5.74, 6) is 1.53. The van der Waals surface area contributed by atoms with Crippen molar-refractivity contribution in [2.45, 2.75) is 31.7 Å². The summed E-state index contributed by atoms with van der Waals surface area (Å²) in [6, 6.07) is 17.2. The lowest BCUT2D eigenvalue weighted by molar-refractivity contribution is 0.147. The Morgan fingerprint density at radius 1 is 1.03 bits per heavy atom. The number of fused-ring (bicyclic) bond motifs is 1. The average Bonchev–Trinajstić information content (AvgIpc) is 3.23. The molecule has 156 valence electrons. The highest BCUT2D eigenvalue weighted by Gasteiger charge is 2.24. The zero-order chi connectivity index (χ0) is 20.3. The summed E-state index contributed by atoms with van der Waals surface area (Å²) in [6.07, 6.45) is 8.24. The first-order valence-electron chi connectivity index (χ1n) is 11.2. The van der Waals surface area contributed by atoms with E-state index in [0.717, 1.165) is 44.9 Å². The van der Waals surface area contributed by atoms with Crippen LogP contribution in [0.4, 0.5) is 0 Å². The van der Waals surface area contributed by atoms with Gasteiger partial charge in [0.05, 0.1) is 7.11 Å². The molecule has 1 unspecified atom stereocenters. The molecule has 4 heteroatoms. The van der Waals surface area contributed by atoms with Crippen molar-refractivity contribution < 1.29 is 4.74 Å². The smallest absolute Gasteiger partial charge is 0.119 e. The molecule has 1 aromatic heterocycles. The van der Waals surface area contributed by atoms with E-state index in [2.05, 4.69) is 69.5 Å². The van der Waals surface area contributed by atoms with Gasteiger partial charge in [-0.3, -0.25) is 4.90 Å². The van der Waals surface area contributed by atoms with E-state index < -0.39 is 0 Å². The number of hydrogen-bond donors (Lipinski definition) is 1. The van der Waals surface area contributed by atoms with Gasteiger partial charge in [-0.1, -0.05) is 36.4 Å². The molecule has 2 aromatic carbocycles. The molecule has 0 saturated carbocycles. The predicted molar refractivity (Wildman–Crippen MR) is 123 cm³/mol. The lowest BCUT2D eigenvalue weighted by atomic mass is 9.86. The summed E-state index contributed by atoms with van der Waals surface area (Å²) in [5.41, 5.74) is 5.62. The van der Waals surface area contributed by atoms with Gasteiger partial charge in [0.2, 0.25) is 0 Å².